The molecular formula is C35H29N3O3. The summed E-state index contributed by atoms with van der Waals surface area (Å²) in [5.74, 6) is 0.972. The van der Waals surface area contributed by atoms with Gasteiger partial charge in [0, 0.05) is 30.8 Å². The van der Waals surface area contributed by atoms with Gasteiger partial charge in [-0.15, -0.1) is 0 Å². The van der Waals surface area contributed by atoms with Crippen molar-refractivity contribution in [3.8, 4) is 11.5 Å². The standard InChI is InChI=1S/C35H29N3O3/c1-22-19-20-26(36-27-14-6-7-16-30(27)38(2)3)29(21-22)37-28-15-10-13-25-33(28)34(39)41-35(25)23-11-4-8-17-31(23)40-32-18-9-5-12-24(32)35/h4-21,36-37H,1-3H3. The molecule has 41 heavy (non-hydrogen) atoms. The number of anilines is 5. The molecule has 0 saturated heterocycles. The van der Waals surface area contributed by atoms with E-state index in [0.29, 0.717) is 22.7 Å². The number of esters is 1. The Kier molecular flexibility index (Phi) is 5.71. The molecule has 1 spiro atoms. The zero-order chi connectivity index (χ0) is 28.1. The minimum atomic E-state index is -1.10. The fourth-order valence-electron chi connectivity index (χ4n) is 5.90. The molecule has 0 amide bonds. The van der Waals surface area contributed by atoms with Crippen LogP contribution < -0.4 is 20.3 Å². The SMILES string of the molecule is Cc1ccc(Nc2ccccc2N(C)C)c(Nc2cccc3c2C(=O)OC32c3ccccc3Oc3ccccc32)c1. The summed E-state index contributed by atoms with van der Waals surface area (Å²) in [6.07, 6.45) is 0. The fraction of sp³-hybridized carbons (Fsp3) is 0.114. The second kappa shape index (κ2) is 9.45. The second-order valence-corrected chi connectivity index (χ2v) is 10.6. The predicted molar refractivity (Wildman–Crippen MR) is 163 cm³/mol. The molecule has 0 unspecified atom stereocenters. The number of para-hydroxylation sites is 4. The van der Waals surface area contributed by atoms with Gasteiger partial charge in [0.2, 0.25) is 0 Å². The molecule has 5 aromatic carbocycles. The largest absolute Gasteiger partial charge is 0.456 e. The smallest absolute Gasteiger partial charge is 0.342 e. The van der Waals surface area contributed by atoms with E-state index in [1.807, 2.05) is 93.0 Å². The van der Waals surface area contributed by atoms with Crippen molar-refractivity contribution in [2.24, 2.45) is 0 Å². The van der Waals surface area contributed by atoms with Gasteiger partial charge in [-0.05, 0) is 55.0 Å². The molecule has 2 aliphatic rings. The van der Waals surface area contributed by atoms with E-state index in [1.165, 1.54) is 0 Å². The van der Waals surface area contributed by atoms with Crippen LogP contribution in [0.15, 0.2) is 109 Å². The van der Waals surface area contributed by atoms with Crippen LogP contribution in [0.3, 0.4) is 0 Å². The van der Waals surface area contributed by atoms with Gasteiger partial charge in [-0.2, -0.15) is 0 Å². The molecule has 2 heterocycles. The van der Waals surface area contributed by atoms with Gasteiger partial charge < -0.3 is 25.0 Å². The van der Waals surface area contributed by atoms with E-state index in [2.05, 4.69) is 52.8 Å². The quantitative estimate of drug-likeness (QED) is 0.220. The average Bonchev–Trinajstić information content (AvgIpc) is 3.28. The van der Waals surface area contributed by atoms with E-state index >= 15 is 0 Å². The van der Waals surface area contributed by atoms with Gasteiger partial charge >= 0.3 is 5.97 Å². The molecule has 0 atom stereocenters. The fourth-order valence-corrected chi connectivity index (χ4v) is 5.90. The zero-order valence-electron chi connectivity index (χ0n) is 23.1. The number of nitrogens with one attached hydrogen (secondary N) is 2. The van der Waals surface area contributed by atoms with Crippen LogP contribution in [0.4, 0.5) is 28.4 Å². The first-order valence-electron chi connectivity index (χ1n) is 13.6. The van der Waals surface area contributed by atoms with Gasteiger partial charge in [0.25, 0.3) is 0 Å². The maximum atomic E-state index is 13.8. The van der Waals surface area contributed by atoms with Crippen LogP contribution in [-0.4, -0.2) is 20.1 Å². The highest BCUT2D eigenvalue weighted by Crippen LogP contribution is 2.57. The first kappa shape index (κ1) is 24.8. The van der Waals surface area contributed by atoms with Gasteiger partial charge in [-0.25, -0.2) is 4.79 Å². The lowest BCUT2D eigenvalue weighted by Crippen LogP contribution is -2.32. The summed E-state index contributed by atoms with van der Waals surface area (Å²) in [4.78, 5) is 15.9. The molecule has 6 nitrogen and oxygen atoms in total. The molecule has 5 aromatic rings. The van der Waals surface area contributed by atoms with Crippen LogP contribution in [0.25, 0.3) is 0 Å². The Bertz CT molecular complexity index is 1780. The molecule has 0 saturated carbocycles. The van der Waals surface area contributed by atoms with Crippen molar-refractivity contribution in [2.45, 2.75) is 12.5 Å². The van der Waals surface area contributed by atoms with Gasteiger partial charge in [0.05, 0.1) is 34.0 Å². The van der Waals surface area contributed by atoms with Crippen molar-refractivity contribution in [2.75, 3.05) is 29.6 Å². The highest BCUT2D eigenvalue weighted by atomic mass is 16.6. The number of carbonyl (C=O) groups is 1. The number of aryl methyl sites for hydroxylation is 1. The van der Waals surface area contributed by atoms with Gasteiger partial charge in [0.1, 0.15) is 11.5 Å². The summed E-state index contributed by atoms with van der Waals surface area (Å²) in [7, 11) is 4.05. The molecule has 2 aliphatic heterocycles. The Morgan fingerprint density at radius 3 is 1.98 bits per heavy atom. The van der Waals surface area contributed by atoms with Crippen LogP contribution in [0.5, 0.6) is 11.5 Å². The number of fused-ring (bicyclic) bond motifs is 6. The van der Waals surface area contributed by atoms with E-state index in [9.17, 15) is 4.79 Å². The summed E-state index contributed by atoms with van der Waals surface area (Å²) in [6.45, 7) is 2.05. The number of nitrogens with zero attached hydrogens (tertiary/aromatic N) is 1. The van der Waals surface area contributed by atoms with Crippen LogP contribution in [0.1, 0.15) is 32.6 Å². The first-order chi connectivity index (χ1) is 20.0. The van der Waals surface area contributed by atoms with Crippen molar-refractivity contribution in [1.29, 1.82) is 0 Å². The van der Waals surface area contributed by atoms with Crippen molar-refractivity contribution in [1.82, 2.24) is 0 Å². The van der Waals surface area contributed by atoms with E-state index in [0.717, 1.165) is 45.0 Å². The maximum absolute atomic E-state index is 13.8. The van der Waals surface area contributed by atoms with Crippen molar-refractivity contribution in [3.63, 3.8) is 0 Å². The van der Waals surface area contributed by atoms with E-state index in [1.54, 1.807) is 0 Å². The number of hydrogen-bond acceptors (Lipinski definition) is 6. The molecule has 0 aliphatic carbocycles. The minimum Gasteiger partial charge on any atom is -0.456 e. The third-order valence-electron chi connectivity index (χ3n) is 7.75. The summed E-state index contributed by atoms with van der Waals surface area (Å²) in [5, 5.41) is 7.17. The lowest BCUT2D eigenvalue weighted by Gasteiger charge is -2.36. The van der Waals surface area contributed by atoms with Crippen molar-refractivity contribution >= 4 is 34.4 Å². The first-order valence-corrected chi connectivity index (χ1v) is 13.6. The van der Waals surface area contributed by atoms with Gasteiger partial charge in [-0.3, -0.25) is 0 Å². The Balaban J connectivity index is 1.35. The normalized spacial score (nSPS) is 13.9. The number of benzene rings is 5. The van der Waals surface area contributed by atoms with E-state index in [4.69, 9.17) is 9.47 Å². The molecule has 0 aromatic heterocycles. The van der Waals surface area contributed by atoms with E-state index < -0.39 is 5.60 Å². The lowest BCUT2D eigenvalue weighted by atomic mass is 9.77. The summed E-state index contributed by atoms with van der Waals surface area (Å²) >= 11 is 0. The average molecular weight is 540 g/mol. The molecule has 0 bridgehead atoms. The molecule has 7 rings (SSSR count). The summed E-state index contributed by atoms with van der Waals surface area (Å²) in [5.41, 5.74) is 7.39. The number of rotatable bonds is 5. The maximum Gasteiger partial charge on any atom is 0.342 e. The predicted octanol–water partition coefficient (Wildman–Crippen LogP) is 8.12. The third kappa shape index (κ3) is 3.91. The summed E-state index contributed by atoms with van der Waals surface area (Å²) in [6, 6.07) is 35.8. The molecule has 6 heteroatoms. The molecule has 2 N–H and O–H groups in total. The van der Waals surface area contributed by atoms with Crippen LogP contribution >= 0.6 is 0 Å². The number of ether oxygens (including phenoxy) is 2. The van der Waals surface area contributed by atoms with Crippen molar-refractivity contribution in [3.05, 3.63) is 137 Å². The molecule has 0 fully saturated rings. The molecule has 0 radical (unpaired) electrons. The van der Waals surface area contributed by atoms with Gasteiger partial charge in [-0.1, -0.05) is 66.7 Å². The lowest BCUT2D eigenvalue weighted by molar-refractivity contribution is 0.0225. The Hall–Kier alpha value is -5.23. The van der Waals surface area contributed by atoms with Gasteiger partial charge in [0.15, 0.2) is 5.60 Å². The van der Waals surface area contributed by atoms with Crippen LogP contribution in [0.2, 0.25) is 0 Å². The van der Waals surface area contributed by atoms with Crippen LogP contribution in [-0.2, 0) is 10.3 Å². The number of carbonyl (C=O) groups excluding carboxylic acids is 1. The molecular weight excluding hydrogens is 510 g/mol. The Morgan fingerprint density at radius 2 is 1.24 bits per heavy atom. The topological polar surface area (TPSA) is 62.8 Å². The van der Waals surface area contributed by atoms with Crippen LogP contribution in [0, 0.1) is 6.92 Å². The third-order valence-corrected chi connectivity index (χ3v) is 7.75. The Labute approximate surface area is 239 Å². The number of hydrogen-bond donors (Lipinski definition) is 2. The molecule has 202 valence electrons. The zero-order valence-corrected chi connectivity index (χ0v) is 23.1. The van der Waals surface area contributed by atoms with E-state index in [-0.39, 0.29) is 5.97 Å². The Morgan fingerprint density at radius 1 is 0.634 bits per heavy atom. The monoisotopic (exact) mass is 539 g/mol. The minimum absolute atomic E-state index is 0.380. The van der Waals surface area contributed by atoms with Crippen molar-refractivity contribution < 1.29 is 14.3 Å². The summed E-state index contributed by atoms with van der Waals surface area (Å²) < 4.78 is 12.6. The second-order valence-electron chi connectivity index (χ2n) is 10.6. The highest BCUT2D eigenvalue weighted by Gasteiger charge is 2.54. The highest BCUT2D eigenvalue weighted by molar-refractivity contribution is 6.03.